The summed E-state index contributed by atoms with van der Waals surface area (Å²) in [6.07, 6.45) is 2.42. The van der Waals surface area contributed by atoms with Crippen LogP contribution in [0.4, 0.5) is 0 Å². The second-order valence-corrected chi connectivity index (χ2v) is 5.24. The molecule has 4 heteroatoms. The van der Waals surface area contributed by atoms with E-state index in [2.05, 4.69) is 46.8 Å². The van der Waals surface area contributed by atoms with Crippen LogP contribution in [0.15, 0.2) is 18.2 Å². The highest BCUT2D eigenvalue weighted by atomic mass is 35.5. The van der Waals surface area contributed by atoms with Crippen LogP contribution in [0, 0.1) is 13.8 Å². The molecule has 3 rings (SSSR count). The molecule has 1 saturated carbocycles. The normalized spacial score (nSPS) is 15.1. The molecule has 1 aromatic carbocycles. The van der Waals surface area contributed by atoms with Gasteiger partial charge < -0.3 is 4.57 Å². The molecule has 0 bridgehead atoms. The van der Waals surface area contributed by atoms with Crippen molar-refractivity contribution in [1.29, 1.82) is 0 Å². The number of hydrogen-bond acceptors (Lipinski definition) is 2. The Kier molecular flexibility index (Phi) is 2.86. The van der Waals surface area contributed by atoms with Crippen molar-refractivity contribution in [2.24, 2.45) is 0 Å². The average molecular weight is 262 g/mol. The lowest BCUT2D eigenvalue weighted by Crippen LogP contribution is -2.02. The van der Waals surface area contributed by atoms with Gasteiger partial charge in [-0.2, -0.15) is 0 Å². The number of hydrogen-bond donors (Lipinski definition) is 0. The predicted octanol–water partition coefficient (Wildman–Crippen LogP) is 3.64. The Hall–Kier alpha value is -1.35. The van der Waals surface area contributed by atoms with Crippen LogP contribution in [0.1, 0.15) is 35.8 Å². The largest absolute Gasteiger partial charge is 0.307 e. The first-order valence-electron chi connectivity index (χ1n) is 6.28. The van der Waals surface area contributed by atoms with Crippen molar-refractivity contribution in [2.45, 2.75) is 38.6 Å². The second kappa shape index (κ2) is 4.39. The number of aromatic nitrogens is 3. The summed E-state index contributed by atoms with van der Waals surface area (Å²) in [5.41, 5.74) is 3.72. The van der Waals surface area contributed by atoms with E-state index in [1.807, 2.05) is 0 Å². The van der Waals surface area contributed by atoms with Crippen LogP contribution in [0.25, 0.3) is 11.4 Å². The lowest BCUT2D eigenvalue weighted by molar-refractivity contribution is 0.712. The molecule has 0 aliphatic heterocycles. The molecule has 0 radical (unpaired) electrons. The van der Waals surface area contributed by atoms with Gasteiger partial charge >= 0.3 is 0 Å². The lowest BCUT2D eigenvalue weighted by atomic mass is 10.1. The van der Waals surface area contributed by atoms with E-state index < -0.39 is 0 Å². The molecule has 3 nitrogen and oxygen atoms in total. The minimum absolute atomic E-state index is 0.425. The van der Waals surface area contributed by atoms with Gasteiger partial charge in [0.1, 0.15) is 5.82 Å². The van der Waals surface area contributed by atoms with Crippen LogP contribution in [0.5, 0.6) is 0 Å². The van der Waals surface area contributed by atoms with Crippen LogP contribution in [-0.4, -0.2) is 14.8 Å². The lowest BCUT2D eigenvalue weighted by Gasteiger charge is -2.09. The van der Waals surface area contributed by atoms with Gasteiger partial charge in [-0.1, -0.05) is 12.1 Å². The minimum atomic E-state index is 0.425. The first-order valence-corrected chi connectivity index (χ1v) is 6.81. The molecule has 0 atom stereocenters. The molecule has 1 aliphatic carbocycles. The Morgan fingerprint density at radius 3 is 2.61 bits per heavy atom. The quantitative estimate of drug-likeness (QED) is 0.790. The molecule has 18 heavy (non-hydrogen) atoms. The van der Waals surface area contributed by atoms with E-state index in [1.54, 1.807) is 0 Å². The smallest absolute Gasteiger partial charge is 0.164 e. The third-order valence-corrected chi connectivity index (χ3v) is 3.80. The van der Waals surface area contributed by atoms with Crippen molar-refractivity contribution < 1.29 is 0 Å². The van der Waals surface area contributed by atoms with E-state index in [0.29, 0.717) is 11.9 Å². The van der Waals surface area contributed by atoms with Crippen LogP contribution in [-0.2, 0) is 5.88 Å². The number of aryl methyl sites for hydroxylation is 2. The van der Waals surface area contributed by atoms with Crippen LogP contribution in [0.2, 0.25) is 0 Å². The van der Waals surface area contributed by atoms with Gasteiger partial charge in [-0.15, -0.1) is 21.8 Å². The van der Waals surface area contributed by atoms with E-state index in [9.17, 15) is 0 Å². The first kappa shape index (κ1) is 11.7. The Morgan fingerprint density at radius 1 is 1.22 bits per heavy atom. The Morgan fingerprint density at radius 2 is 2.00 bits per heavy atom. The molecule has 2 aromatic rings. The molecule has 0 spiro atoms. The van der Waals surface area contributed by atoms with Crippen LogP contribution in [0.3, 0.4) is 0 Å². The maximum Gasteiger partial charge on any atom is 0.164 e. The van der Waals surface area contributed by atoms with E-state index in [4.69, 9.17) is 11.6 Å². The van der Waals surface area contributed by atoms with Crippen molar-refractivity contribution in [3.05, 3.63) is 35.2 Å². The fourth-order valence-corrected chi connectivity index (χ4v) is 2.39. The third kappa shape index (κ3) is 1.93. The summed E-state index contributed by atoms with van der Waals surface area (Å²) in [7, 11) is 0. The number of benzene rings is 1. The summed E-state index contributed by atoms with van der Waals surface area (Å²) in [4.78, 5) is 0. The van der Waals surface area contributed by atoms with Crippen molar-refractivity contribution >= 4 is 11.6 Å². The molecule has 0 amide bonds. The molecular weight excluding hydrogens is 246 g/mol. The van der Waals surface area contributed by atoms with Gasteiger partial charge in [-0.3, -0.25) is 0 Å². The van der Waals surface area contributed by atoms with Gasteiger partial charge in [-0.05, 0) is 43.9 Å². The van der Waals surface area contributed by atoms with E-state index in [0.717, 1.165) is 17.2 Å². The predicted molar refractivity (Wildman–Crippen MR) is 72.8 cm³/mol. The highest BCUT2D eigenvalue weighted by Crippen LogP contribution is 2.39. The SMILES string of the molecule is Cc1ccc(-c2nnc(CCl)n2C2CC2)cc1C. The number of alkyl halides is 1. The summed E-state index contributed by atoms with van der Waals surface area (Å²) in [6, 6.07) is 6.97. The van der Waals surface area contributed by atoms with Crippen molar-refractivity contribution in [1.82, 2.24) is 14.8 Å². The van der Waals surface area contributed by atoms with Crippen LogP contribution < -0.4 is 0 Å². The highest BCUT2D eigenvalue weighted by molar-refractivity contribution is 6.16. The Balaban J connectivity index is 2.10. The summed E-state index contributed by atoms with van der Waals surface area (Å²) in [5.74, 6) is 2.26. The minimum Gasteiger partial charge on any atom is -0.307 e. The zero-order valence-electron chi connectivity index (χ0n) is 10.7. The Bertz CT molecular complexity index is 585. The summed E-state index contributed by atoms with van der Waals surface area (Å²) in [5, 5.41) is 8.52. The number of nitrogens with zero attached hydrogens (tertiary/aromatic N) is 3. The van der Waals surface area contributed by atoms with Crippen molar-refractivity contribution in [3.63, 3.8) is 0 Å². The molecule has 1 aliphatic rings. The molecular formula is C14H16ClN3. The Labute approximate surface area is 112 Å². The first-order chi connectivity index (χ1) is 8.70. The molecule has 0 N–H and O–H groups in total. The zero-order valence-corrected chi connectivity index (χ0v) is 11.4. The summed E-state index contributed by atoms with van der Waals surface area (Å²) >= 11 is 5.94. The molecule has 1 fully saturated rings. The van der Waals surface area contributed by atoms with Gasteiger partial charge in [0.15, 0.2) is 5.82 Å². The highest BCUT2D eigenvalue weighted by Gasteiger charge is 2.29. The monoisotopic (exact) mass is 261 g/mol. The van der Waals surface area contributed by atoms with E-state index >= 15 is 0 Å². The van der Waals surface area contributed by atoms with E-state index in [-0.39, 0.29) is 0 Å². The van der Waals surface area contributed by atoms with Crippen LogP contribution >= 0.6 is 11.6 Å². The fraction of sp³-hybridized carbons (Fsp3) is 0.429. The summed E-state index contributed by atoms with van der Waals surface area (Å²) < 4.78 is 2.21. The van der Waals surface area contributed by atoms with E-state index in [1.165, 1.54) is 24.0 Å². The number of rotatable bonds is 3. The average Bonchev–Trinajstić information content (AvgIpc) is 3.12. The topological polar surface area (TPSA) is 30.7 Å². The molecule has 94 valence electrons. The van der Waals surface area contributed by atoms with Crippen molar-refractivity contribution in [2.75, 3.05) is 0 Å². The van der Waals surface area contributed by atoms with Gasteiger partial charge in [0.25, 0.3) is 0 Å². The standard InChI is InChI=1S/C14H16ClN3/c1-9-3-4-11(7-10(9)2)14-17-16-13(8-15)18(14)12-5-6-12/h3-4,7,12H,5-6,8H2,1-2H3. The van der Waals surface area contributed by atoms with Gasteiger partial charge in [0.05, 0.1) is 5.88 Å². The molecule has 0 unspecified atom stereocenters. The van der Waals surface area contributed by atoms with Gasteiger partial charge in [-0.25, -0.2) is 0 Å². The maximum atomic E-state index is 5.94. The molecule has 1 heterocycles. The maximum absolute atomic E-state index is 5.94. The molecule has 0 saturated heterocycles. The van der Waals surface area contributed by atoms with Gasteiger partial charge in [0, 0.05) is 11.6 Å². The third-order valence-electron chi connectivity index (χ3n) is 3.56. The fourth-order valence-electron chi connectivity index (χ4n) is 2.21. The van der Waals surface area contributed by atoms with Gasteiger partial charge in [0.2, 0.25) is 0 Å². The van der Waals surface area contributed by atoms with Crippen molar-refractivity contribution in [3.8, 4) is 11.4 Å². The number of halogens is 1. The summed E-state index contributed by atoms with van der Waals surface area (Å²) in [6.45, 7) is 4.24. The molecule has 1 aromatic heterocycles. The second-order valence-electron chi connectivity index (χ2n) is 4.97. The zero-order chi connectivity index (χ0) is 12.7.